The minimum atomic E-state index is 0.548. The highest BCUT2D eigenvalue weighted by atomic mass is 35.5. The van der Waals surface area contributed by atoms with Gasteiger partial charge >= 0.3 is 0 Å². The van der Waals surface area contributed by atoms with E-state index < -0.39 is 0 Å². The third-order valence-electron chi connectivity index (χ3n) is 2.00. The molecule has 1 aromatic heterocycles. The van der Waals surface area contributed by atoms with E-state index in [1.54, 1.807) is 12.3 Å². The second kappa shape index (κ2) is 3.64. The van der Waals surface area contributed by atoms with Crippen molar-refractivity contribution < 1.29 is 0 Å². The monoisotopic (exact) mass is 226 g/mol. The zero-order valence-electron chi connectivity index (χ0n) is 7.54. The molecule has 0 N–H and O–H groups in total. The lowest BCUT2D eigenvalue weighted by molar-refractivity contribution is 0.925. The number of hydrogen-bond acceptors (Lipinski definition) is 1. The average Bonchev–Trinajstić information content (AvgIpc) is 2.57. The van der Waals surface area contributed by atoms with Gasteiger partial charge in [0.05, 0.1) is 10.0 Å². The Morgan fingerprint density at radius 3 is 2.57 bits per heavy atom. The van der Waals surface area contributed by atoms with Crippen LogP contribution in [-0.2, 0) is 7.05 Å². The fourth-order valence-corrected chi connectivity index (χ4v) is 1.58. The molecule has 0 aliphatic rings. The molecule has 1 heterocycles. The Kier molecular flexibility index (Phi) is 2.48. The normalized spacial score (nSPS) is 10.5. The Balaban J connectivity index is 2.53. The van der Waals surface area contributed by atoms with Crippen molar-refractivity contribution in [1.29, 1.82) is 0 Å². The molecule has 0 aliphatic carbocycles. The van der Waals surface area contributed by atoms with Crippen LogP contribution >= 0.6 is 23.2 Å². The molecule has 0 fully saturated rings. The first-order valence-electron chi connectivity index (χ1n) is 4.11. The summed E-state index contributed by atoms with van der Waals surface area (Å²) in [5.74, 6) is 0.878. The van der Waals surface area contributed by atoms with Crippen LogP contribution in [0.2, 0.25) is 10.0 Å². The summed E-state index contributed by atoms with van der Waals surface area (Å²) >= 11 is 11.7. The highest BCUT2D eigenvalue weighted by molar-refractivity contribution is 6.42. The Morgan fingerprint density at radius 2 is 2.00 bits per heavy atom. The highest BCUT2D eigenvalue weighted by Crippen LogP contribution is 2.27. The molecule has 0 aliphatic heterocycles. The number of rotatable bonds is 1. The molecule has 4 heteroatoms. The molecular formula is C10H8Cl2N2. The maximum atomic E-state index is 5.91. The molecule has 2 nitrogen and oxygen atoms in total. The van der Waals surface area contributed by atoms with Crippen LogP contribution in [0, 0.1) is 0 Å². The third-order valence-corrected chi connectivity index (χ3v) is 2.74. The molecule has 14 heavy (non-hydrogen) atoms. The zero-order chi connectivity index (χ0) is 10.1. The summed E-state index contributed by atoms with van der Waals surface area (Å²) in [7, 11) is 1.94. The van der Waals surface area contributed by atoms with Gasteiger partial charge in [0.2, 0.25) is 0 Å². The molecule has 2 aromatic rings. The van der Waals surface area contributed by atoms with Gasteiger partial charge in [0.15, 0.2) is 0 Å². The molecule has 0 bridgehead atoms. The molecule has 0 radical (unpaired) electrons. The van der Waals surface area contributed by atoms with Crippen LogP contribution in [-0.4, -0.2) is 9.55 Å². The van der Waals surface area contributed by atoms with Crippen LogP contribution in [0.15, 0.2) is 30.6 Å². The van der Waals surface area contributed by atoms with Crippen molar-refractivity contribution in [2.75, 3.05) is 0 Å². The summed E-state index contributed by atoms with van der Waals surface area (Å²) in [5, 5.41) is 1.11. The van der Waals surface area contributed by atoms with E-state index >= 15 is 0 Å². The van der Waals surface area contributed by atoms with E-state index in [1.165, 1.54) is 0 Å². The van der Waals surface area contributed by atoms with E-state index in [0.29, 0.717) is 10.0 Å². The number of nitrogens with zero attached hydrogens (tertiary/aromatic N) is 2. The quantitative estimate of drug-likeness (QED) is 0.730. The maximum Gasteiger partial charge on any atom is 0.139 e. The predicted molar refractivity (Wildman–Crippen MR) is 58.7 cm³/mol. The molecule has 1 aromatic carbocycles. The van der Waals surface area contributed by atoms with Gasteiger partial charge in [-0.05, 0) is 18.2 Å². The molecule has 0 spiro atoms. The molecule has 0 unspecified atom stereocenters. The van der Waals surface area contributed by atoms with Gasteiger partial charge in [0.25, 0.3) is 0 Å². The topological polar surface area (TPSA) is 17.8 Å². The predicted octanol–water partition coefficient (Wildman–Crippen LogP) is 3.39. The maximum absolute atomic E-state index is 5.91. The van der Waals surface area contributed by atoms with E-state index in [9.17, 15) is 0 Å². The summed E-state index contributed by atoms with van der Waals surface area (Å²) in [6.45, 7) is 0. The van der Waals surface area contributed by atoms with Crippen LogP contribution in [0.5, 0.6) is 0 Å². The Morgan fingerprint density at radius 1 is 1.21 bits per heavy atom. The number of aromatic nitrogens is 2. The highest BCUT2D eigenvalue weighted by Gasteiger charge is 2.05. The average molecular weight is 227 g/mol. The van der Waals surface area contributed by atoms with Gasteiger partial charge in [-0.3, -0.25) is 0 Å². The van der Waals surface area contributed by atoms with E-state index in [4.69, 9.17) is 23.2 Å². The Bertz CT molecular complexity index is 463. The van der Waals surface area contributed by atoms with Gasteiger partial charge in [-0.25, -0.2) is 4.98 Å². The fraction of sp³-hybridized carbons (Fsp3) is 0.100. The van der Waals surface area contributed by atoms with Crippen LogP contribution < -0.4 is 0 Å². The second-order valence-electron chi connectivity index (χ2n) is 2.99. The summed E-state index contributed by atoms with van der Waals surface area (Å²) in [5.41, 5.74) is 0.965. The SMILES string of the molecule is Cn1ccnc1-c1ccc(Cl)c(Cl)c1. The van der Waals surface area contributed by atoms with Crippen LogP contribution in [0.25, 0.3) is 11.4 Å². The number of halogens is 2. The number of benzene rings is 1. The van der Waals surface area contributed by atoms with E-state index in [-0.39, 0.29) is 0 Å². The van der Waals surface area contributed by atoms with Crippen molar-refractivity contribution in [3.05, 3.63) is 40.6 Å². The number of aryl methyl sites for hydroxylation is 1. The third kappa shape index (κ3) is 1.63. The molecule has 2 rings (SSSR count). The summed E-state index contributed by atoms with van der Waals surface area (Å²) in [6.07, 6.45) is 3.63. The largest absolute Gasteiger partial charge is 0.334 e. The first-order chi connectivity index (χ1) is 6.68. The van der Waals surface area contributed by atoms with E-state index in [2.05, 4.69) is 4.98 Å². The van der Waals surface area contributed by atoms with Gasteiger partial charge in [-0.2, -0.15) is 0 Å². The van der Waals surface area contributed by atoms with Gasteiger partial charge in [-0.15, -0.1) is 0 Å². The van der Waals surface area contributed by atoms with E-state index in [0.717, 1.165) is 11.4 Å². The first-order valence-corrected chi connectivity index (χ1v) is 4.87. The van der Waals surface area contributed by atoms with Crippen molar-refractivity contribution >= 4 is 23.2 Å². The van der Waals surface area contributed by atoms with Crippen molar-refractivity contribution in [1.82, 2.24) is 9.55 Å². The first kappa shape index (κ1) is 9.56. The van der Waals surface area contributed by atoms with Gasteiger partial charge in [0, 0.05) is 25.0 Å². The van der Waals surface area contributed by atoms with Crippen LogP contribution in [0.4, 0.5) is 0 Å². The van der Waals surface area contributed by atoms with Crippen molar-refractivity contribution in [3.63, 3.8) is 0 Å². The lowest BCUT2D eigenvalue weighted by atomic mass is 10.2. The smallest absolute Gasteiger partial charge is 0.139 e. The van der Waals surface area contributed by atoms with Crippen molar-refractivity contribution in [2.45, 2.75) is 0 Å². The number of imidazole rings is 1. The summed E-state index contributed by atoms with van der Waals surface area (Å²) in [4.78, 5) is 4.22. The molecule has 0 saturated carbocycles. The molecule has 0 atom stereocenters. The van der Waals surface area contributed by atoms with Gasteiger partial charge < -0.3 is 4.57 Å². The van der Waals surface area contributed by atoms with Crippen LogP contribution in [0.3, 0.4) is 0 Å². The molecular weight excluding hydrogens is 219 g/mol. The number of hydrogen-bond donors (Lipinski definition) is 0. The minimum absolute atomic E-state index is 0.548. The van der Waals surface area contributed by atoms with Crippen molar-refractivity contribution in [3.8, 4) is 11.4 Å². The molecule has 0 amide bonds. The van der Waals surface area contributed by atoms with E-state index in [1.807, 2.05) is 29.9 Å². The van der Waals surface area contributed by atoms with Crippen molar-refractivity contribution in [2.24, 2.45) is 7.05 Å². The summed E-state index contributed by atoms with van der Waals surface area (Å²) in [6, 6.07) is 5.48. The molecule has 72 valence electrons. The lowest BCUT2D eigenvalue weighted by Gasteiger charge is -2.02. The second-order valence-corrected chi connectivity index (χ2v) is 3.81. The molecule has 0 saturated heterocycles. The lowest BCUT2D eigenvalue weighted by Crippen LogP contribution is -1.90. The standard InChI is InChI=1S/C10H8Cl2N2/c1-14-5-4-13-10(14)7-2-3-8(11)9(12)6-7/h2-6H,1H3. The van der Waals surface area contributed by atoms with Crippen LogP contribution in [0.1, 0.15) is 0 Å². The summed E-state index contributed by atoms with van der Waals surface area (Å²) < 4.78 is 1.93. The fourth-order valence-electron chi connectivity index (χ4n) is 1.28. The minimum Gasteiger partial charge on any atom is -0.334 e. The van der Waals surface area contributed by atoms with Gasteiger partial charge in [0.1, 0.15) is 5.82 Å². The zero-order valence-corrected chi connectivity index (χ0v) is 9.05. The van der Waals surface area contributed by atoms with Gasteiger partial charge in [-0.1, -0.05) is 23.2 Å². The Hall–Kier alpha value is -0.990. The Labute approximate surface area is 92.1 Å².